The second kappa shape index (κ2) is 6.95. The Morgan fingerprint density at radius 3 is 3.00 bits per heavy atom. The Kier molecular flexibility index (Phi) is 5.86. The van der Waals surface area contributed by atoms with Crippen LogP contribution in [0.25, 0.3) is 0 Å². The zero-order valence-corrected chi connectivity index (χ0v) is 11.0. The van der Waals surface area contributed by atoms with Gasteiger partial charge >= 0.3 is 0 Å². The molecule has 1 aromatic rings. The Morgan fingerprint density at radius 1 is 1.53 bits per heavy atom. The van der Waals surface area contributed by atoms with Crippen LogP contribution in [-0.4, -0.2) is 26.1 Å². The second-order valence-corrected chi connectivity index (χ2v) is 4.76. The van der Waals surface area contributed by atoms with Crippen LogP contribution in [0.1, 0.15) is 32.5 Å². The molecule has 1 atom stereocenters. The van der Waals surface area contributed by atoms with Crippen molar-refractivity contribution in [3.8, 4) is 0 Å². The van der Waals surface area contributed by atoms with E-state index in [4.69, 9.17) is 0 Å². The molecule has 0 saturated carbocycles. The third kappa shape index (κ3) is 4.30. The Labute approximate surface area is 99.6 Å². The van der Waals surface area contributed by atoms with Crippen molar-refractivity contribution in [2.45, 2.75) is 44.6 Å². The van der Waals surface area contributed by atoms with E-state index in [0.717, 1.165) is 31.9 Å². The molecule has 0 aliphatic carbocycles. The first-order chi connectivity index (χ1) is 7.27. The van der Waals surface area contributed by atoms with Gasteiger partial charge in [-0.15, -0.1) is 0 Å². The van der Waals surface area contributed by atoms with E-state index in [9.17, 15) is 0 Å². The lowest BCUT2D eigenvalue weighted by Gasteiger charge is -2.08. The molecule has 0 amide bonds. The average molecular weight is 275 g/mol. The predicted molar refractivity (Wildman–Crippen MR) is 65.0 cm³/mol. The van der Waals surface area contributed by atoms with E-state index in [1.165, 1.54) is 6.42 Å². The first-order valence-corrected chi connectivity index (χ1v) is 6.41. The number of nitrogens with one attached hydrogen (secondary N) is 1. The first-order valence-electron chi connectivity index (χ1n) is 5.49. The fourth-order valence-corrected chi connectivity index (χ4v) is 1.58. The molecule has 0 aliphatic rings. The number of rotatable bonds is 7. The fraction of sp³-hybridized carbons (Fsp3) is 0.800. The molecule has 5 heteroatoms. The van der Waals surface area contributed by atoms with E-state index in [1.54, 1.807) is 6.33 Å². The van der Waals surface area contributed by atoms with E-state index in [-0.39, 0.29) is 0 Å². The van der Waals surface area contributed by atoms with Crippen LogP contribution in [0.3, 0.4) is 0 Å². The summed E-state index contributed by atoms with van der Waals surface area (Å²) in [6.45, 7) is 6.96. The minimum Gasteiger partial charge on any atom is -0.310 e. The molecular formula is C10H19BrN4. The van der Waals surface area contributed by atoms with Crippen LogP contribution >= 0.6 is 15.9 Å². The molecule has 1 rings (SSSR count). The highest BCUT2D eigenvalue weighted by Gasteiger charge is 2.03. The van der Waals surface area contributed by atoms with Crippen LogP contribution in [0.5, 0.6) is 0 Å². The molecular weight excluding hydrogens is 256 g/mol. The number of nitrogens with zero attached hydrogens (tertiary/aromatic N) is 3. The highest BCUT2D eigenvalue weighted by molar-refractivity contribution is 9.09. The quantitative estimate of drug-likeness (QED) is 0.611. The lowest BCUT2D eigenvalue weighted by molar-refractivity contribution is 0.560. The first kappa shape index (κ1) is 12.6. The smallest absolute Gasteiger partial charge is 0.140 e. The Hall–Kier alpha value is -0.420. The molecule has 1 heterocycles. The van der Waals surface area contributed by atoms with E-state index in [2.05, 4.69) is 45.2 Å². The molecule has 1 unspecified atom stereocenters. The lowest BCUT2D eigenvalue weighted by atomic mass is 10.2. The molecule has 1 N–H and O–H groups in total. The average Bonchev–Trinajstić information content (AvgIpc) is 2.71. The standard InChI is InChI=1S/C10H19BrN4/c1-3-9(11)5-6-12-7-10-13-8-14-15(10)4-2/h8-9,12H,3-7H2,1-2H3. The van der Waals surface area contributed by atoms with Crippen molar-refractivity contribution in [1.29, 1.82) is 0 Å². The molecule has 86 valence electrons. The third-order valence-electron chi connectivity index (χ3n) is 2.36. The van der Waals surface area contributed by atoms with Gasteiger partial charge in [0.15, 0.2) is 0 Å². The van der Waals surface area contributed by atoms with Crippen LogP contribution in [0, 0.1) is 0 Å². The summed E-state index contributed by atoms with van der Waals surface area (Å²) in [5, 5.41) is 7.50. The van der Waals surface area contributed by atoms with Crippen molar-refractivity contribution < 1.29 is 0 Å². The SMILES string of the molecule is CCC(Br)CCNCc1ncnn1CC. The Bertz CT molecular complexity index is 274. The van der Waals surface area contributed by atoms with E-state index < -0.39 is 0 Å². The van der Waals surface area contributed by atoms with Crippen LogP contribution in [-0.2, 0) is 13.1 Å². The van der Waals surface area contributed by atoms with Gasteiger partial charge in [0.25, 0.3) is 0 Å². The lowest BCUT2D eigenvalue weighted by Crippen LogP contribution is -2.20. The Morgan fingerprint density at radius 2 is 2.33 bits per heavy atom. The van der Waals surface area contributed by atoms with Crippen molar-refractivity contribution in [2.24, 2.45) is 0 Å². The highest BCUT2D eigenvalue weighted by atomic mass is 79.9. The summed E-state index contributed by atoms with van der Waals surface area (Å²) >= 11 is 3.61. The summed E-state index contributed by atoms with van der Waals surface area (Å²) in [7, 11) is 0. The molecule has 4 nitrogen and oxygen atoms in total. The predicted octanol–water partition coefficient (Wildman–Crippen LogP) is 1.95. The second-order valence-electron chi connectivity index (χ2n) is 3.46. The summed E-state index contributed by atoms with van der Waals surface area (Å²) in [5.41, 5.74) is 0. The number of hydrogen-bond acceptors (Lipinski definition) is 3. The maximum atomic E-state index is 4.20. The summed E-state index contributed by atoms with van der Waals surface area (Å²) < 4.78 is 1.92. The van der Waals surface area contributed by atoms with E-state index in [1.807, 2.05) is 4.68 Å². The monoisotopic (exact) mass is 274 g/mol. The van der Waals surface area contributed by atoms with Crippen LogP contribution in [0.15, 0.2) is 6.33 Å². The molecule has 0 aliphatic heterocycles. The van der Waals surface area contributed by atoms with Gasteiger partial charge in [0.05, 0.1) is 6.54 Å². The minimum atomic E-state index is 0.619. The van der Waals surface area contributed by atoms with Gasteiger partial charge in [0.1, 0.15) is 12.2 Å². The maximum Gasteiger partial charge on any atom is 0.140 e. The van der Waals surface area contributed by atoms with Crippen molar-refractivity contribution in [3.63, 3.8) is 0 Å². The van der Waals surface area contributed by atoms with Gasteiger partial charge < -0.3 is 5.32 Å². The van der Waals surface area contributed by atoms with Crippen LogP contribution in [0.4, 0.5) is 0 Å². The summed E-state index contributed by atoms with van der Waals surface area (Å²) in [6.07, 6.45) is 3.93. The zero-order valence-electron chi connectivity index (χ0n) is 9.41. The van der Waals surface area contributed by atoms with Gasteiger partial charge in [-0.3, -0.25) is 0 Å². The van der Waals surface area contributed by atoms with Crippen molar-refractivity contribution in [3.05, 3.63) is 12.2 Å². The fourth-order valence-electron chi connectivity index (χ4n) is 1.35. The number of halogens is 1. The van der Waals surface area contributed by atoms with Gasteiger partial charge in [0, 0.05) is 11.4 Å². The van der Waals surface area contributed by atoms with Gasteiger partial charge in [-0.05, 0) is 26.3 Å². The third-order valence-corrected chi connectivity index (χ3v) is 3.46. The zero-order chi connectivity index (χ0) is 11.1. The normalized spacial score (nSPS) is 13.0. The van der Waals surface area contributed by atoms with Crippen molar-refractivity contribution in [2.75, 3.05) is 6.54 Å². The van der Waals surface area contributed by atoms with Gasteiger partial charge in [0.2, 0.25) is 0 Å². The van der Waals surface area contributed by atoms with Crippen molar-refractivity contribution >= 4 is 15.9 Å². The summed E-state index contributed by atoms with van der Waals surface area (Å²) in [5.74, 6) is 1.01. The summed E-state index contributed by atoms with van der Waals surface area (Å²) in [6, 6.07) is 0. The number of aromatic nitrogens is 3. The summed E-state index contributed by atoms with van der Waals surface area (Å²) in [4.78, 5) is 4.82. The van der Waals surface area contributed by atoms with Gasteiger partial charge in [-0.1, -0.05) is 22.9 Å². The number of hydrogen-bond donors (Lipinski definition) is 1. The van der Waals surface area contributed by atoms with E-state index >= 15 is 0 Å². The van der Waals surface area contributed by atoms with Crippen LogP contribution < -0.4 is 5.32 Å². The molecule has 0 aromatic carbocycles. The van der Waals surface area contributed by atoms with Crippen molar-refractivity contribution in [1.82, 2.24) is 20.1 Å². The van der Waals surface area contributed by atoms with Crippen LogP contribution in [0.2, 0.25) is 0 Å². The number of alkyl halides is 1. The molecule has 15 heavy (non-hydrogen) atoms. The molecule has 1 aromatic heterocycles. The Balaban J connectivity index is 2.20. The molecule has 0 spiro atoms. The topological polar surface area (TPSA) is 42.7 Å². The van der Waals surface area contributed by atoms with E-state index in [0.29, 0.717) is 4.83 Å². The van der Waals surface area contributed by atoms with Gasteiger partial charge in [-0.25, -0.2) is 9.67 Å². The molecule has 0 radical (unpaired) electrons. The highest BCUT2D eigenvalue weighted by Crippen LogP contribution is 2.07. The maximum absolute atomic E-state index is 4.20. The molecule has 0 fully saturated rings. The van der Waals surface area contributed by atoms with Gasteiger partial charge in [-0.2, -0.15) is 5.10 Å². The minimum absolute atomic E-state index is 0.619. The largest absolute Gasteiger partial charge is 0.310 e. The molecule has 0 bridgehead atoms. The molecule has 0 saturated heterocycles. The number of aryl methyl sites for hydroxylation is 1.